The molecule has 0 aromatic rings. The Morgan fingerprint density at radius 2 is 1.35 bits per heavy atom. The monoisotopic (exact) mass is 239 g/mol. The van der Waals surface area contributed by atoms with Crippen molar-refractivity contribution in [2.45, 2.75) is 84.2 Å². The van der Waals surface area contributed by atoms with Crippen LogP contribution in [0.5, 0.6) is 0 Å². The minimum absolute atomic E-state index is 0.242. The third-order valence-electron chi connectivity index (χ3n) is 3.05. The van der Waals surface area contributed by atoms with Gasteiger partial charge in [-0.3, -0.25) is 0 Å². The van der Waals surface area contributed by atoms with Crippen molar-refractivity contribution in [3.8, 4) is 6.07 Å². The number of nitriles is 1. The Bertz CT molecular complexity index is 186. The van der Waals surface area contributed by atoms with Crippen LogP contribution in [0.1, 0.15) is 78.1 Å². The molecule has 0 aromatic carbocycles. The Balaban J connectivity index is 2.97. The molecule has 0 spiro atoms. The molecule has 0 saturated carbocycles. The van der Waals surface area contributed by atoms with Crippen LogP contribution in [-0.4, -0.2) is 12.7 Å². The second-order valence-corrected chi connectivity index (χ2v) is 4.82. The molecule has 0 radical (unpaired) electrons. The molecule has 0 rings (SSSR count). The molecular weight excluding hydrogens is 210 g/mol. The normalized spacial score (nSPS) is 12.3. The first kappa shape index (κ1) is 16.4. The summed E-state index contributed by atoms with van der Waals surface area (Å²) in [5, 5.41) is 8.52. The van der Waals surface area contributed by atoms with Crippen LogP contribution in [0.3, 0.4) is 0 Å². The Labute approximate surface area is 107 Å². The average Bonchev–Trinajstić information content (AvgIpc) is 2.35. The van der Waals surface area contributed by atoms with Gasteiger partial charge in [-0.1, -0.05) is 64.7 Å². The van der Waals surface area contributed by atoms with E-state index in [-0.39, 0.29) is 6.10 Å². The van der Waals surface area contributed by atoms with Gasteiger partial charge in [0.05, 0.1) is 6.07 Å². The fourth-order valence-corrected chi connectivity index (χ4v) is 1.89. The predicted octanol–water partition coefficient (Wildman–Crippen LogP) is 4.84. The molecule has 17 heavy (non-hydrogen) atoms. The van der Waals surface area contributed by atoms with Crippen LogP contribution >= 0.6 is 0 Å². The number of rotatable bonds is 12. The summed E-state index contributed by atoms with van der Waals surface area (Å²) in [5.74, 6) is 0. The Hall–Kier alpha value is -0.550. The zero-order valence-electron chi connectivity index (χ0n) is 11.7. The molecule has 2 nitrogen and oxygen atoms in total. The third kappa shape index (κ3) is 13.4. The lowest BCUT2D eigenvalue weighted by Gasteiger charge is -2.05. The molecule has 100 valence electrons. The van der Waals surface area contributed by atoms with Crippen LogP contribution in [0.2, 0.25) is 0 Å². The maximum absolute atomic E-state index is 8.52. The Morgan fingerprint density at radius 1 is 0.882 bits per heavy atom. The highest BCUT2D eigenvalue weighted by atomic mass is 16.5. The molecule has 0 aliphatic carbocycles. The van der Waals surface area contributed by atoms with E-state index in [2.05, 4.69) is 13.0 Å². The minimum Gasteiger partial charge on any atom is -0.364 e. The van der Waals surface area contributed by atoms with Crippen molar-refractivity contribution in [2.24, 2.45) is 0 Å². The van der Waals surface area contributed by atoms with Gasteiger partial charge in [0.2, 0.25) is 0 Å². The van der Waals surface area contributed by atoms with Gasteiger partial charge in [-0.25, -0.2) is 0 Å². The maximum atomic E-state index is 8.52. The van der Waals surface area contributed by atoms with Crippen molar-refractivity contribution in [3.05, 3.63) is 0 Å². The van der Waals surface area contributed by atoms with Gasteiger partial charge < -0.3 is 4.74 Å². The summed E-state index contributed by atoms with van der Waals surface area (Å²) in [7, 11) is 0. The first-order valence-electron chi connectivity index (χ1n) is 7.32. The molecule has 0 bridgehead atoms. The summed E-state index contributed by atoms with van der Waals surface area (Å²) < 4.78 is 5.30. The molecule has 0 heterocycles. The van der Waals surface area contributed by atoms with Crippen molar-refractivity contribution in [2.75, 3.05) is 6.61 Å². The summed E-state index contributed by atoms with van der Waals surface area (Å²) in [4.78, 5) is 0. The van der Waals surface area contributed by atoms with Crippen molar-refractivity contribution < 1.29 is 4.74 Å². The van der Waals surface area contributed by atoms with Gasteiger partial charge in [-0.05, 0) is 13.3 Å². The van der Waals surface area contributed by atoms with E-state index >= 15 is 0 Å². The summed E-state index contributed by atoms with van der Waals surface area (Å²) in [6.45, 7) is 4.80. The molecule has 0 aliphatic rings. The second-order valence-electron chi connectivity index (χ2n) is 4.82. The molecule has 0 amide bonds. The van der Waals surface area contributed by atoms with Gasteiger partial charge in [0.25, 0.3) is 0 Å². The average molecular weight is 239 g/mol. The highest BCUT2D eigenvalue weighted by Gasteiger charge is 1.97. The largest absolute Gasteiger partial charge is 0.364 e. The smallest absolute Gasteiger partial charge is 0.141 e. The van der Waals surface area contributed by atoms with Gasteiger partial charge >= 0.3 is 0 Å². The van der Waals surface area contributed by atoms with E-state index < -0.39 is 0 Å². The standard InChI is InChI=1S/C15H29NO/c1-3-4-5-6-7-8-9-10-11-12-13-17-15(2)14-16/h15H,3-13H2,1-2H3. The lowest BCUT2D eigenvalue weighted by Crippen LogP contribution is -2.05. The van der Waals surface area contributed by atoms with E-state index in [0.29, 0.717) is 0 Å². The van der Waals surface area contributed by atoms with Gasteiger partial charge in [-0.15, -0.1) is 0 Å². The fourth-order valence-electron chi connectivity index (χ4n) is 1.89. The van der Waals surface area contributed by atoms with E-state index in [1.165, 1.54) is 57.8 Å². The molecule has 1 unspecified atom stereocenters. The topological polar surface area (TPSA) is 33.0 Å². The molecule has 1 atom stereocenters. The summed E-state index contributed by atoms with van der Waals surface area (Å²) >= 11 is 0. The summed E-state index contributed by atoms with van der Waals surface area (Å²) in [6.07, 6.45) is 13.1. The van der Waals surface area contributed by atoms with E-state index in [1.54, 1.807) is 6.92 Å². The van der Waals surface area contributed by atoms with E-state index in [4.69, 9.17) is 10.00 Å². The zero-order chi connectivity index (χ0) is 12.8. The van der Waals surface area contributed by atoms with Gasteiger partial charge in [-0.2, -0.15) is 5.26 Å². The van der Waals surface area contributed by atoms with Crippen molar-refractivity contribution in [1.29, 1.82) is 5.26 Å². The Kier molecular flexibility index (Phi) is 13.1. The number of hydrogen-bond acceptors (Lipinski definition) is 2. The molecule has 0 saturated heterocycles. The number of ether oxygens (including phenoxy) is 1. The van der Waals surface area contributed by atoms with E-state index in [0.717, 1.165) is 13.0 Å². The Morgan fingerprint density at radius 3 is 1.82 bits per heavy atom. The highest BCUT2D eigenvalue weighted by Crippen LogP contribution is 2.10. The lowest BCUT2D eigenvalue weighted by atomic mass is 10.1. The number of nitrogens with zero attached hydrogens (tertiary/aromatic N) is 1. The van der Waals surface area contributed by atoms with Gasteiger partial charge in [0.15, 0.2) is 0 Å². The molecule has 0 aliphatic heterocycles. The molecule has 0 fully saturated rings. The number of unbranched alkanes of at least 4 members (excludes halogenated alkanes) is 9. The minimum atomic E-state index is -0.242. The summed E-state index contributed by atoms with van der Waals surface area (Å²) in [5.41, 5.74) is 0. The van der Waals surface area contributed by atoms with Crippen LogP contribution in [0.4, 0.5) is 0 Å². The van der Waals surface area contributed by atoms with Crippen molar-refractivity contribution in [1.82, 2.24) is 0 Å². The lowest BCUT2D eigenvalue weighted by molar-refractivity contribution is 0.0984. The third-order valence-corrected chi connectivity index (χ3v) is 3.05. The SMILES string of the molecule is CCCCCCCCCCCCOC(C)C#N. The predicted molar refractivity (Wildman–Crippen MR) is 72.9 cm³/mol. The van der Waals surface area contributed by atoms with Crippen LogP contribution in [0.25, 0.3) is 0 Å². The van der Waals surface area contributed by atoms with E-state index in [1.807, 2.05) is 0 Å². The summed E-state index contributed by atoms with van der Waals surface area (Å²) in [6, 6.07) is 2.08. The molecule has 0 N–H and O–H groups in total. The van der Waals surface area contributed by atoms with Crippen LogP contribution in [0, 0.1) is 11.3 Å². The first-order valence-corrected chi connectivity index (χ1v) is 7.32. The highest BCUT2D eigenvalue weighted by molar-refractivity contribution is 4.78. The molecule has 0 aromatic heterocycles. The van der Waals surface area contributed by atoms with E-state index in [9.17, 15) is 0 Å². The van der Waals surface area contributed by atoms with Gasteiger partial charge in [0.1, 0.15) is 6.10 Å². The van der Waals surface area contributed by atoms with Crippen molar-refractivity contribution >= 4 is 0 Å². The molecule has 2 heteroatoms. The quantitative estimate of drug-likeness (QED) is 0.457. The second kappa shape index (κ2) is 13.5. The van der Waals surface area contributed by atoms with Crippen LogP contribution in [-0.2, 0) is 4.74 Å². The van der Waals surface area contributed by atoms with Crippen LogP contribution < -0.4 is 0 Å². The zero-order valence-corrected chi connectivity index (χ0v) is 11.7. The van der Waals surface area contributed by atoms with Gasteiger partial charge in [0, 0.05) is 6.61 Å². The van der Waals surface area contributed by atoms with Crippen molar-refractivity contribution in [3.63, 3.8) is 0 Å². The number of hydrogen-bond donors (Lipinski definition) is 0. The maximum Gasteiger partial charge on any atom is 0.141 e. The first-order chi connectivity index (χ1) is 8.31. The fraction of sp³-hybridized carbons (Fsp3) is 0.933. The molecular formula is C15H29NO. The van der Waals surface area contributed by atoms with Crippen LogP contribution in [0.15, 0.2) is 0 Å².